The van der Waals surface area contributed by atoms with E-state index in [1.54, 1.807) is 11.3 Å². The van der Waals surface area contributed by atoms with Gasteiger partial charge in [0.2, 0.25) is 0 Å². The Morgan fingerprint density at radius 1 is 1.62 bits per heavy atom. The van der Waals surface area contributed by atoms with Gasteiger partial charge in [-0.05, 0) is 26.3 Å². The van der Waals surface area contributed by atoms with Crippen LogP contribution in [0.1, 0.15) is 31.2 Å². The zero-order valence-electron chi connectivity index (χ0n) is 8.07. The molecule has 0 amide bonds. The Morgan fingerprint density at radius 2 is 2.54 bits per heavy atom. The molecule has 0 N–H and O–H groups in total. The summed E-state index contributed by atoms with van der Waals surface area (Å²) in [5, 5.41) is 3.32. The molecule has 0 unspecified atom stereocenters. The summed E-state index contributed by atoms with van der Waals surface area (Å²) >= 11 is 1.77. The van der Waals surface area contributed by atoms with Crippen LogP contribution in [0.15, 0.2) is 11.6 Å². The fraction of sp³-hybridized carbons (Fsp3) is 0.700. The Hall–Kier alpha value is -0.410. The molecule has 0 spiro atoms. The highest BCUT2D eigenvalue weighted by atomic mass is 32.1. The van der Waals surface area contributed by atoms with Gasteiger partial charge in [0.25, 0.3) is 0 Å². The molecule has 0 aromatic carbocycles. The second-order valence-electron chi connectivity index (χ2n) is 3.74. The van der Waals surface area contributed by atoms with Crippen LogP contribution in [-0.4, -0.2) is 22.5 Å². The van der Waals surface area contributed by atoms with Crippen molar-refractivity contribution in [1.82, 2.24) is 9.88 Å². The van der Waals surface area contributed by atoms with Crippen LogP contribution in [0.25, 0.3) is 0 Å². The average molecular weight is 196 g/mol. The molecule has 2 heterocycles. The zero-order chi connectivity index (χ0) is 9.10. The molecule has 0 aliphatic carbocycles. The average Bonchev–Trinajstić information content (AvgIpc) is 2.61. The van der Waals surface area contributed by atoms with Crippen molar-refractivity contribution in [3.63, 3.8) is 0 Å². The standard InChI is InChI=1S/C10H16N2S/c1-9-4-2-3-6-12(9)8-10-11-5-7-13-10/h5,7,9H,2-4,6,8H2,1H3/t9-/m0/s1. The van der Waals surface area contributed by atoms with Crippen LogP contribution in [0.2, 0.25) is 0 Å². The van der Waals surface area contributed by atoms with Crippen LogP contribution < -0.4 is 0 Å². The lowest BCUT2D eigenvalue weighted by atomic mass is 10.0. The van der Waals surface area contributed by atoms with E-state index in [0.29, 0.717) is 0 Å². The molecule has 3 heteroatoms. The topological polar surface area (TPSA) is 16.1 Å². The van der Waals surface area contributed by atoms with Gasteiger partial charge in [-0.1, -0.05) is 6.42 Å². The second-order valence-corrected chi connectivity index (χ2v) is 4.72. The molecule has 2 nitrogen and oxygen atoms in total. The fourth-order valence-electron chi connectivity index (χ4n) is 1.90. The minimum Gasteiger partial charge on any atom is -0.294 e. The molecule has 72 valence electrons. The molecule has 0 radical (unpaired) electrons. The minimum atomic E-state index is 0.748. The van der Waals surface area contributed by atoms with Crippen molar-refractivity contribution in [1.29, 1.82) is 0 Å². The number of thiazole rings is 1. The molecule has 1 atom stereocenters. The van der Waals surface area contributed by atoms with E-state index in [1.807, 2.05) is 6.20 Å². The number of piperidine rings is 1. The molecule has 13 heavy (non-hydrogen) atoms. The molecule has 2 rings (SSSR count). The summed E-state index contributed by atoms with van der Waals surface area (Å²) in [6, 6.07) is 0.748. The molecule has 1 fully saturated rings. The molecule has 1 aromatic rings. The van der Waals surface area contributed by atoms with E-state index in [0.717, 1.165) is 12.6 Å². The van der Waals surface area contributed by atoms with Crippen molar-refractivity contribution < 1.29 is 0 Å². The number of nitrogens with zero attached hydrogens (tertiary/aromatic N) is 2. The van der Waals surface area contributed by atoms with Gasteiger partial charge in [-0.15, -0.1) is 11.3 Å². The van der Waals surface area contributed by atoms with Gasteiger partial charge in [-0.3, -0.25) is 4.90 Å². The van der Waals surface area contributed by atoms with Crippen LogP contribution in [0.5, 0.6) is 0 Å². The van der Waals surface area contributed by atoms with Crippen LogP contribution >= 0.6 is 11.3 Å². The van der Waals surface area contributed by atoms with Gasteiger partial charge in [0.05, 0.1) is 6.54 Å². The summed E-state index contributed by atoms with van der Waals surface area (Å²) in [6.07, 6.45) is 6.01. The van der Waals surface area contributed by atoms with Crippen molar-refractivity contribution in [3.8, 4) is 0 Å². The molecule has 1 aromatic heterocycles. The Balaban J connectivity index is 1.93. The third kappa shape index (κ3) is 2.29. The Labute approximate surface area is 83.6 Å². The zero-order valence-corrected chi connectivity index (χ0v) is 8.89. The first-order valence-corrected chi connectivity index (χ1v) is 5.86. The largest absolute Gasteiger partial charge is 0.294 e. The molecular weight excluding hydrogens is 180 g/mol. The van der Waals surface area contributed by atoms with Crippen molar-refractivity contribution >= 4 is 11.3 Å². The van der Waals surface area contributed by atoms with Gasteiger partial charge in [0, 0.05) is 17.6 Å². The maximum atomic E-state index is 4.32. The van der Waals surface area contributed by atoms with E-state index in [2.05, 4.69) is 22.2 Å². The third-order valence-corrected chi connectivity index (χ3v) is 3.53. The van der Waals surface area contributed by atoms with E-state index < -0.39 is 0 Å². The van der Waals surface area contributed by atoms with Crippen LogP contribution in [0, 0.1) is 0 Å². The first kappa shape index (κ1) is 9.16. The molecular formula is C10H16N2S. The monoisotopic (exact) mass is 196 g/mol. The third-order valence-electron chi connectivity index (χ3n) is 2.76. The number of hydrogen-bond donors (Lipinski definition) is 0. The normalized spacial score (nSPS) is 24.8. The number of aromatic nitrogens is 1. The SMILES string of the molecule is C[C@H]1CCCCN1Cc1nccs1. The first-order valence-electron chi connectivity index (χ1n) is 4.98. The summed E-state index contributed by atoms with van der Waals surface area (Å²) < 4.78 is 0. The molecule has 1 saturated heterocycles. The van der Waals surface area contributed by atoms with Crippen LogP contribution in [0.4, 0.5) is 0 Å². The molecule has 1 aliphatic heterocycles. The minimum absolute atomic E-state index is 0.748. The Kier molecular flexibility index (Phi) is 2.96. The van der Waals surface area contributed by atoms with Gasteiger partial charge in [0.1, 0.15) is 5.01 Å². The van der Waals surface area contributed by atoms with Crippen LogP contribution in [0.3, 0.4) is 0 Å². The Morgan fingerprint density at radius 3 is 3.23 bits per heavy atom. The summed E-state index contributed by atoms with van der Waals surface area (Å²) in [6.45, 7) is 4.63. The van der Waals surface area contributed by atoms with E-state index in [-0.39, 0.29) is 0 Å². The quantitative estimate of drug-likeness (QED) is 0.722. The van der Waals surface area contributed by atoms with Crippen molar-refractivity contribution in [2.75, 3.05) is 6.54 Å². The second kappa shape index (κ2) is 4.20. The molecule has 0 bridgehead atoms. The van der Waals surface area contributed by atoms with Gasteiger partial charge >= 0.3 is 0 Å². The van der Waals surface area contributed by atoms with Gasteiger partial charge in [-0.25, -0.2) is 4.98 Å². The summed E-state index contributed by atoms with van der Waals surface area (Å²) in [5.74, 6) is 0. The van der Waals surface area contributed by atoms with Gasteiger partial charge < -0.3 is 0 Å². The van der Waals surface area contributed by atoms with Crippen molar-refractivity contribution in [2.45, 2.75) is 38.8 Å². The molecule has 0 saturated carbocycles. The lowest BCUT2D eigenvalue weighted by Crippen LogP contribution is -2.36. The first-order chi connectivity index (χ1) is 6.36. The summed E-state index contributed by atoms with van der Waals surface area (Å²) in [4.78, 5) is 6.87. The van der Waals surface area contributed by atoms with E-state index >= 15 is 0 Å². The highest BCUT2D eigenvalue weighted by molar-refractivity contribution is 7.09. The Bertz CT molecular complexity index is 245. The van der Waals surface area contributed by atoms with E-state index in [4.69, 9.17) is 0 Å². The molecule has 1 aliphatic rings. The van der Waals surface area contributed by atoms with Gasteiger partial charge in [-0.2, -0.15) is 0 Å². The van der Waals surface area contributed by atoms with E-state index in [1.165, 1.54) is 30.8 Å². The number of hydrogen-bond acceptors (Lipinski definition) is 3. The van der Waals surface area contributed by atoms with Crippen molar-refractivity contribution in [2.24, 2.45) is 0 Å². The number of rotatable bonds is 2. The van der Waals surface area contributed by atoms with Crippen LogP contribution in [-0.2, 0) is 6.54 Å². The smallest absolute Gasteiger partial charge is 0.107 e. The predicted molar refractivity (Wildman–Crippen MR) is 55.8 cm³/mol. The van der Waals surface area contributed by atoms with E-state index in [9.17, 15) is 0 Å². The predicted octanol–water partition coefficient (Wildman–Crippen LogP) is 2.52. The summed E-state index contributed by atoms with van der Waals surface area (Å²) in [7, 11) is 0. The highest BCUT2D eigenvalue weighted by Gasteiger charge is 2.18. The lowest BCUT2D eigenvalue weighted by molar-refractivity contribution is 0.152. The number of likely N-dealkylation sites (tertiary alicyclic amines) is 1. The highest BCUT2D eigenvalue weighted by Crippen LogP contribution is 2.19. The fourth-order valence-corrected chi connectivity index (χ4v) is 2.54. The lowest BCUT2D eigenvalue weighted by Gasteiger charge is -2.32. The maximum Gasteiger partial charge on any atom is 0.107 e. The van der Waals surface area contributed by atoms with Crippen molar-refractivity contribution in [3.05, 3.63) is 16.6 Å². The summed E-state index contributed by atoms with van der Waals surface area (Å²) in [5.41, 5.74) is 0. The maximum absolute atomic E-state index is 4.32. The van der Waals surface area contributed by atoms with Gasteiger partial charge in [0.15, 0.2) is 0 Å².